The van der Waals surface area contributed by atoms with Crippen LogP contribution >= 0.6 is 0 Å². The predicted octanol–water partition coefficient (Wildman–Crippen LogP) is 4.86. The van der Waals surface area contributed by atoms with E-state index in [-0.39, 0.29) is 5.56 Å². The second-order valence-electron chi connectivity index (χ2n) is 11.7. The number of aromatic amines is 2. The van der Waals surface area contributed by atoms with Crippen molar-refractivity contribution < 1.29 is 9.53 Å². The minimum Gasteiger partial charge on any atom is -0.381 e. The molecule has 0 radical (unpaired) electrons. The van der Waals surface area contributed by atoms with Crippen molar-refractivity contribution in [2.45, 2.75) is 40.7 Å². The molecule has 0 aliphatic carbocycles. The SMILES string of the molecule is CC1CCOC1.CNCc1c(C)cc(C)[nH]c1=O.Cc1c[nH]c2cc(-c3ccc(N4CCN(C)CC4)nc3)cc(C=O)c12. The summed E-state index contributed by atoms with van der Waals surface area (Å²) in [4.78, 5) is 38.2. The number of likely N-dealkylation sites (N-methyl/N-ethyl adjacent to an activating group) is 1. The number of H-pyrrole nitrogens is 2. The van der Waals surface area contributed by atoms with E-state index in [2.05, 4.69) is 62.2 Å². The molecule has 4 aromatic rings. The Labute approximate surface area is 254 Å². The Bertz CT molecular complexity index is 1550. The Hall–Kier alpha value is -3.79. The minimum absolute atomic E-state index is 0.0156. The number of carbonyl (C=O) groups excluding carboxylic acids is 1. The van der Waals surface area contributed by atoms with Gasteiger partial charge in [-0.1, -0.05) is 6.92 Å². The van der Waals surface area contributed by atoms with Gasteiger partial charge in [0.05, 0.1) is 0 Å². The molecule has 0 saturated carbocycles. The quantitative estimate of drug-likeness (QED) is 0.287. The van der Waals surface area contributed by atoms with E-state index in [0.29, 0.717) is 6.54 Å². The highest BCUT2D eigenvalue weighted by molar-refractivity contribution is 6.01. The average Bonchev–Trinajstić information content (AvgIpc) is 3.64. The van der Waals surface area contributed by atoms with Crippen molar-refractivity contribution in [3.8, 4) is 11.1 Å². The standard InChI is InChI=1S/C20H22N4O.C9H14N2O.C5H10O/c1-14-11-21-18-10-16(9-17(13-25)20(14)18)15-3-4-19(22-12-15)24-7-5-23(2)6-8-24;1-6-4-7(2)11-9(12)8(6)5-10-3;1-5-2-3-6-4-5/h3-4,9-13,21H,5-8H2,1-2H3;4,10H,5H2,1-3H3,(H,11,12);5H,2-4H2,1H3. The van der Waals surface area contributed by atoms with Crippen LogP contribution in [0.2, 0.25) is 0 Å². The molecule has 1 atom stereocenters. The summed E-state index contributed by atoms with van der Waals surface area (Å²) in [6.45, 7) is 14.8. The van der Waals surface area contributed by atoms with E-state index < -0.39 is 0 Å². The first-order valence-corrected chi connectivity index (χ1v) is 15.1. The molecule has 230 valence electrons. The lowest BCUT2D eigenvalue weighted by atomic mass is 10.0. The first-order chi connectivity index (χ1) is 20.7. The van der Waals surface area contributed by atoms with Gasteiger partial charge in [-0.2, -0.15) is 0 Å². The molecule has 43 heavy (non-hydrogen) atoms. The third kappa shape index (κ3) is 8.40. The molecule has 5 heterocycles. The fourth-order valence-electron chi connectivity index (χ4n) is 5.45. The van der Waals surface area contributed by atoms with Crippen LogP contribution in [0.1, 0.15) is 46.1 Å². The molecule has 1 unspecified atom stereocenters. The number of aromatic nitrogens is 3. The lowest BCUT2D eigenvalue weighted by Crippen LogP contribution is -2.44. The maximum atomic E-state index is 11.5. The van der Waals surface area contributed by atoms with E-state index in [1.54, 1.807) is 0 Å². The highest BCUT2D eigenvalue weighted by Crippen LogP contribution is 2.29. The van der Waals surface area contributed by atoms with Gasteiger partial charge in [-0.3, -0.25) is 9.59 Å². The summed E-state index contributed by atoms with van der Waals surface area (Å²) in [5.41, 5.74) is 7.62. The summed E-state index contributed by atoms with van der Waals surface area (Å²) in [5.74, 6) is 1.84. The molecule has 9 heteroatoms. The molecule has 0 bridgehead atoms. The van der Waals surface area contributed by atoms with Crippen molar-refractivity contribution in [1.82, 2.24) is 25.2 Å². The Morgan fingerprint density at radius 2 is 1.84 bits per heavy atom. The first kappa shape index (κ1) is 32.1. The molecule has 1 aromatic carbocycles. The molecule has 3 aromatic heterocycles. The van der Waals surface area contributed by atoms with Crippen LogP contribution in [0.25, 0.3) is 22.0 Å². The summed E-state index contributed by atoms with van der Waals surface area (Å²) < 4.78 is 5.06. The van der Waals surface area contributed by atoms with E-state index >= 15 is 0 Å². The summed E-state index contributed by atoms with van der Waals surface area (Å²) >= 11 is 0. The molecule has 0 amide bonds. The Kier molecular flexibility index (Phi) is 11.3. The fourth-order valence-corrected chi connectivity index (χ4v) is 5.45. The van der Waals surface area contributed by atoms with Gasteiger partial charge in [-0.25, -0.2) is 4.98 Å². The van der Waals surface area contributed by atoms with Crippen molar-refractivity contribution in [2.75, 3.05) is 58.4 Å². The van der Waals surface area contributed by atoms with Crippen molar-refractivity contribution in [2.24, 2.45) is 5.92 Å². The fraction of sp³-hybridized carbons (Fsp3) is 0.441. The number of rotatable bonds is 5. The number of carbonyl (C=O) groups is 1. The zero-order valence-corrected chi connectivity index (χ0v) is 26.4. The number of fused-ring (bicyclic) bond motifs is 1. The number of anilines is 1. The highest BCUT2D eigenvalue weighted by Gasteiger charge is 2.16. The molecule has 2 aliphatic heterocycles. The van der Waals surface area contributed by atoms with Gasteiger partial charge in [0, 0.05) is 91.6 Å². The zero-order chi connectivity index (χ0) is 30.9. The normalized spacial score (nSPS) is 16.8. The van der Waals surface area contributed by atoms with Crippen molar-refractivity contribution in [1.29, 1.82) is 0 Å². The largest absolute Gasteiger partial charge is 0.381 e. The van der Waals surface area contributed by atoms with E-state index in [4.69, 9.17) is 4.74 Å². The van der Waals surface area contributed by atoms with E-state index in [1.807, 2.05) is 52.3 Å². The van der Waals surface area contributed by atoms with Gasteiger partial charge in [-0.15, -0.1) is 0 Å². The van der Waals surface area contributed by atoms with Gasteiger partial charge < -0.3 is 29.8 Å². The summed E-state index contributed by atoms with van der Waals surface area (Å²) in [5, 5.41) is 3.97. The highest BCUT2D eigenvalue weighted by atomic mass is 16.5. The van der Waals surface area contributed by atoms with Gasteiger partial charge in [-0.05, 0) is 94.2 Å². The van der Waals surface area contributed by atoms with Crippen LogP contribution in [0.3, 0.4) is 0 Å². The number of nitrogens with one attached hydrogen (secondary N) is 3. The van der Waals surface area contributed by atoms with E-state index in [0.717, 1.165) is 107 Å². The first-order valence-electron chi connectivity index (χ1n) is 15.1. The summed E-state index contributed by atoms with van der Waals surface area (Å²) in [6, 6.07) is 10.2. The van der Waals surface area contributed by atoms with Crippen LogP contribution in [-0.2, 0) is 11.3 Å². The Morgan fingerprint density at radius 1 is 1.07 bits per heavy atom. The zero-order valence-electron chi connectivity index (χ0n) is 26.4. The van der Waals surface area contributed by atoms with Gasteiger partial charge >= 0.3 is 0 Å². The summed E-state index contributed by atoms with van der Waals surface area (Å²) in [6.07, 6.45) is 6.04. The number of hydrogen-bond donors (Lipinski definition) is 3. The van der Waals surface area contributed by atoms with E-state index in [9.17, 15) is 9.59 Å². The number of ether oxygens (including phenoxy) is 1. The van der Waals surface area contributed by atoms with Gasteiger partial charge in [0.2, 0.25) is 0 Å². The van der Waals surface area contributed by atoms with Crippen molar-refractivity contribution in [3.63, 3.8) is 0 Å². The van der Waals surface area contributed by atoms with Gasteiger partial charge in [0.15, 0.2) is 6.29 Å². The van der Waals surface area contributed by atoms with Gasteiger partial charge in [0.25, 0.3) is 5.56 Å². The maximum absolute atomic E-state index is 11.5. The van der Waals surface area contributed by atoms with Crippen LogP contribution in [-0.4, -0.2) is 79.6 Å². The van der Waals surface area contributed by atoms with Crippen molar-refractivity contribution >= 4 is 23.0 Å². The number of pyridine rings is 2. The van der Waals surface area contributed by atoms with Crippen LogP contribution < -0.4 is 15.8 Å². The molecule has 2 saturated heterocycles. The monoisotopic (exact) mass is 586 g/mol. The average molecular weight is 587 g/mol. The number of hydrogen-bond acceptors (Lipinski definition) is 7. The van der Waals surface area contributed by atoms with Gasteiger partial charge in [0.1, 0.15) is 5.82 Å². The molecule has 9 nitrogen and oxygen atoms in total. The number of nitrogens with zero attached hydrogens (tertiary/aromatic N) is 3. The smallest absolute Gasteiger partial charge is 0.252 e. The number of aldehydes is 1. The topological polar surface area (TPSA) is 106 Å². The lowest BCUT2D eigenvalue weighted by molar-refractivity contribution is 0.112. The molecule has 3 N–H and O–H groups in total. The van der Waals surface area contributed by atoms with Crippen LogP contribution in [0, 0.1) is 26.7 Å². The molecule has 2 aliphatic rings. The van der Waals surface area contributed by atoms with Crippen LogP contribution in [0.5, 0.6) is 0 Å². The van der Waals surface area contributed by atoms with Crippen LogP contribution in [0.15, 0.2) is 47.5 Å². The Morgan fingerprint density at radius 3 is 2.40 bits per heavy atom. The second-order valence-corrected chi connectivity index (χ2v) is 11.7. The molecular weight excluding hydrogens is 540 g/mol. The van der Waals surface area contributed by atoms with Crippen molar-refractivity contribution in [3.05, 3.63) is 81.0 Å². The number of aryl methyl sites for hydroxylation is 3. The third-order valence-electron chi connectivity index (χ3n) is 8.05. The second kappa shape index (κ2) is 15.1. The predicted molar refractivity (Wildman–Crippen MR) is 175 cm³/mol. The minimum atomic E-state index is 0.0156. The summed E-state index contributed by atoms with van der Waals surface area (Å²) in [7, 11) is 3.98. The lowest BCUT2D eigenvalue weighted by Gasteiger charge is -2.33. The maximum Gasteiger partial charge on any atom is 0.252 e. The molecular formula is C34H46N6O3. The number of piperazine rings is 1. The molecule has 6 rings (SSSR count). The molecule has 2 fully saturated rings. The Balaban J connectivity index is 0.000000194. The molecule has 0 spiro atoms. The third-order valence-corrected chi connectivity index (χ3v) is 8.05. The van der Waals surface area contributed by atoms with Crippen LogP contribution in [0.4, 0.5) is 5.82 Å². The van der Waals surface area contributed by atoms with E-state index in [1.165, 1.54) is 6.42 Å². The number of benzene rings is 1.